The van der Waals surface area contributed by atoms with Crippen LogP contribution in [-0.2, 0) is 10.0 Å². The van der Waals surface area contributed by atoms with Crippen molar-refractivity contribution in [1.82, 2.24) is 4.72 Å². The molecule has 0 spiro atoms. The van der Waals surface area contributed by atoms with E-state index in [0.29, 0.717) is 18.9 Å². The van der Waals surface area contributed by atoms with Crippen molar-refractivity contribution in [3.05, 3.63) is 29.6 Å². The second-order valence-corrected chi connectivity index (χ2v) is 6.64. The zero-order valence-corrected chi connectivity index (χ0v) is 12.7. The standard InChI is InChI=1S/C12H15F3N2O2S.ClH/c13-8-5-10(15)11(6-9(8)14)20(18,19)17-12(7-16)3-1-2-4-12;/h5-6,17H,1-4,7,16H2;1H. The van der Waals surface area contributed by atoms with Crippen molar-refractivity contribution < 1.29 is 21.6 Å². The highest BCUT2D eigenvalue weighted by atomic mass is 35.5. The minimum atomic E-state index is -4.30. The van der Waals surface area contributed by atoms with Gasteiger partial charge in [-0.25, -0.2) is 26.3 Å². The van der Waals surface area contributed by atoms with Crippen LogP contribution in [0.2, 0.25) is 0 Å². The van der Waals surface area contributed by atoms with Gasteiger partial charge in [0.2, 0.25) is 10.0 Å². The van der Waals surface area contributed by atoms with Crippen molar-refractivity contribution in [3.8, 4) is 0 Å². The summed E-state index contributed by atoms with van der Waals surface area (Å²) in [5.41, 5.74) is 4.75. The first-order chi connectivity index (χ1) is 9.30. The van der Waals surface area contributed by atoms with Gasteiger partial charge in [0, 0.05) is 18.2 Å². The molecule has 1 aliphatic rings. The minimum Gasteiger partial charge on any atom is -0.329 e. The molecule has 4 nitrogen and oxygen atoms in total. The van der Waals surface area contributed by atoms with Gasteiger partial charge in [0.1, 0.15) is 10.7 Å². The van der Waals surface area contributed by atoms with Crippen LogP contribution in [-0.4, -0.2) is 20.5 Å². The van der Waals surface area contributed by atoms with Gasteiger partial charge in [-0.1, -0.05) is 12.8 Å². The van der Waals surface area contributed by atoms with Gasteiger partial charge in [0.05, 0.1) is 0 Å². The van der Waals surface area contributed by atoms with E-state index in [2.05, 4.69) is 4.72 Å². The molecule has 2 rings (SSSR count). The first kappa shape index (κ1) is 18.2. The van der Waals surface area contributed by atoms with Gasteiger partial charge in [-0.15, -0.1) is 12.4 Å². The number of benzene rings is 1. The van der Waals surface area contributed by atoms with Crippen LogP contribution in [0.5, 0.6) is 0 Å². The Labute approximate surface area is 127 Å². The van der Waals surface area contributed by atoms with Gasteiger partial charge >= 0.3 is 0 Å². The SMILES string of the molecule is Cl.NCC1(NS(=O)(=O)c2cc(F)c(F)cc2F)CCCC1. The molecule has 0 bridgehead atoms. The van der Waals surface area contributed by atoms with Gasteiger partial charge in [-0.3, -0.25) is 0 Å². The largest absolute Gasteiger partial charge is 0.329 e. The van der Waals surface area contributed by atoms with Gasteiger partial charge in [0.15, 0.2) is 11.6 Å². The van der Waals surface area contributed by atoms with Gasteiger partial charge in [0.25, 0.3) is 0 Å². The van der Waals surface area contributed by atoms with Gasteiger partial charge < -0.3 is 5.73 Å². The molecule has 1 aromatic carbocycles. The van der Waals surface area contributed by atoms with Crippen LogP contribution in [0.3, 0.4) is 0 Å². The zero-order chi connectivity index (χ0) is 15.0. The zero-order valence-electron chi connectivity index (χ0n) is 11.0. The lowest BCUT2D eigenvalue weighted by Crippen LogP contribution is -2.51. The number of halogens is 4. The van der Waals surface area contributed by atoms with Crippen molar-refractivity contribution in [2.75, 3.05) is 6.54 Å². The van der Waals surface area contributed by atoms with E-state index in [0.717, 1.165) is 12.8 Å². The molecule has 3 N–H and O–H groups in total. The lowest BCUT2D eigenvalue weighted by molar-refractivity contribution is 0.397. The number of nitrogens with one attached hydrogen (secondary N) is 1. The van der Waals surface area contributed by atoms with E-state index in [1.807, 2.05) is 0 Å². The Balaban J connectivity index is 0.00000220. The summed E-state index contributed by atoms with van der Waals surface area (Å²) in [5, 5.41) is 0. The second-order valence-electron chi connectivity index (χ2n) is 4.99. The normalized spacial score (nSPS) is 17.5. The number of hydrogen-bond acceptors (Lipinski definition) is 3. The van der Waals surface area contributed by atoms with E-state index < -0.39 is 37.9 Å². The Hall–Kier alpha value is -0.830. The van der Waals surface area contributed by atoms with Crippen LogP contribution in [0.1, 0.15) is 25.7 Å². The summed E-state index contributed by atoms with van der Waals surface area (Å²) in [6.45, 7) is 0.0670. The molecule has 1 aliphatic carbocycles. The Kier molecular flexibility index (Phi) is 5.65. The van der Waals surface area contributed by atoms with E-state index in [-0.39, 0.29) is 25.0 Å². The molecule has 0 amide bonds. The molecule has 1 fully saturated rings. The first-order valence-corrected chi connectivity index (χ1v) is 7.67. The molecule has 1 aromatic rings. The smallest absolute Gasteiger partial charge is 0.244 e. The average Bonchev–Trinajstić information content (AvgIpc) is 2.82. The van der Waals surface area contributed by atoms with Crippen molar-refractivity contribution >= 4 is 22.4 Å². The molecule has 0 heterocycles. The Morgan fingerprint density at radius 3 is 2.14 bits per heavy atom. The molecular formula is C12H16ClF3N2O2S. The topological polar surface area (TPSA) is 72.2 Å². The maximum Gasteiger partial charge on any atom is 0.244 e. The fourth-order valence-corrected chi connectivity index (χ4v) is 3.99. The van der Waals surface area contributed by atoms with Crippen LogP contribution < -0.4 is 10.5 Å². The third kappa shape index (κ3) is 3.68. The van der Waals surface area contributed by atoms with E-state index in [4.69, 9.17) is 5.73 Å². The van der Waals surface area contributed by atoms with E-state index in [1.165, 1.54) is 0 Å². The summed E-state index contributed by atoms with van der Waals surface area (Å²) >= 11 is 0. The van der Waals surface area contributed by atoms with E-state index in [9.17, 15) is 21.6 Å². The summed E-state index contributed by atoms with van der Waals surface area (Å²) in [4.78, 5) is -0.906. The second kappa shape index (κ2) is 6.51. The average molecular weight is 345 g/mol. The fourth-order valence-electron chi connectivity index (χ4n) is 2.45. The number of nitrogens with two attached hydrogens (primary N) is 1. The molecule has 1 saturated carbocycles. The quantitative estimate of drug-likeness (QED) is 0.821. The lowest BCUT2D eigenvalue weighted by atomic mass is 10.0. The highest BCUT2D eigenvalue weighted by Gasteiger charge is 2.37. The molecule has 21 heavy (non-hydrogen) atoms. The van der Waals surface area contributed by atoms with Crippen LogP contribution in [0.4, 0.5) is 13.2 Å². The number of sulfonamides is 1. The fraction of sp³-hybridized carbons (Fsp3) is 0.500. The third-order valence-corrected chi connectivity index (χ3v) is 5.16. The summed E-state index contributed by atoms with van der Waals surface area (Å²) in [6, 6.07) is 0.555. The predicted molar refractivity (Wildman–Crippen MR) is 74.1 cm³/mol. The first-order valence-electron chi connectivity index (χ1n) is 6.18. The van der Waals surface area contributed by atoms with Crippen molar-refractivity contribution in [2.45, 2.75) is 36.1 Å². The summed E-state index contributed by atoms with van der Waals surface area (Å²) in [6.07, 6.45) is 2.68. The highest BCUT2D eigenvalue weighted by molar-refractivity contribution is 7.89. The number of rotatable bonds is 4. The maximum absolute atomic E-state index is 13.6. The molecule has 0 radical (unpaired) electrons. The molecule has 0 saturated heterocycles. The van der Waals surface area contributed by atoms with E-state index >= 15 is 0 Å². The van der Waals surface area contributed by atoms with Crippen LogP contribution in [0.25, 0.3) is 0 Å². The van der Waals surface area contributed by atoms with Crippen LogP contribution in [0.15, 0.2) is 17.0 Å². The highest BCUT2D eigenvalue weighted by Crippen LogP contribution is 2.31. The molecular weight excluding hydrogens is 329 g/mol. The molecule has 0 atom stereocenters. The molecule has 0 aliphatic heterocycles. The summed E-state index contributed by atoms with van der Waals surface area (Å²) in [7, 11) is -4.30. The summed E-state index contributed by atoms with van der Waals surface area (Å²) < 4.78 is 66.2. The summed E-state index contributed by atoms with van der Waals surface area (Å²) in [5.74, 6) is -4.18. The molecule has 0 unspecified atom stereocenters. The van der Waals surface area contributed by atoms with Crippen LogP contribution >= 0.6 is 12.4 Å². The monoisotopic (exact) mass is 344 g/mol. The minimum absolute atomic E-state index is 0. The van der Waals surface area contributed by atoms with Gasteiger partial charge in [-0.2, -0.15) is 0 Å². The Morgan fingerprint density at radius 1 is 1.10 bits per heavy atom. The van der Waals surface area contributed by atoms with Gasteiger partial charge in [-0.05, 0) is 18.9 Å². The van der Waals surface area contributed by atoms with Crippen LogP contribution in [0, 0.1) is 17.5 Å². The number of hydrogen-bond donors (Lipinski definition) is 2. The Bertz CT molecular complexity index is 619. The third-order valence-electron chi connectivity index (χ3n) is 3.57. The molecule has 0 aromatic heterocycles. The lowest BCUT2D eigenvalue weighted by Gasteiger charge is -2.28. The van der Waals surface area contributed by atoms with Crippen molar-refractivity contribution in [3.63, 3.8) is 0 Å². The molecule has 9 heteroatoms. The maximum atomic E-state index is 13.6. The van der Waals surface area contributed by atoms with Crippen molar-refractivity contribution in [2.24, 2.45) is 5.73 Å². The predicted octanol–water partition coefficient (Wildman–Crippen LogP) is 2.08. The van der Waals surface area contributed by atoms with Crippen molar-refractivity contribution in [1.29, 1.82) is 0 Å². The van der Waals surface area contributed by atoms with E-state index in [1.54, 1.807) is 0 Å². The molecule has 120 valence electrons. The Morgan fingerprint density at radius 2 is 1.62 bits per heavy atom.